The number of nitrogens with one attached hydrogen (secondary N) is 3. The van der Waals surface area contributed by atoms with Gasteiger partial charge in [0.25, 0.3) is 0 Å². The largest absolute Gasteiger partial charge is 0.508 e. The molecule has 5 N–H and O–H groups in total. The number of halogens is 1. The van der Waals surface area contributed by atoms with Crippen LogP contribution in [0.25, 0.3) is 10.6 Å². The molecule has 0 saturated heterocycles. The molecule has 5 aromatic rings. The Morgan fingerprint density at radius 2 is 1.80 bits per heavy atom. The summed E-state index contributed by atoms with van der Waals surface area (Å²) in [5.74, 6) is 0.246. The second-order valence-electron chi connectivity index (χ2n) is 12.8. The summed E-state index contributed by atoms with van der Waals surface area (Å²) in [5, 5.41) is 33.7. The van der Waals surface area contributed by atoms with E-state index in [2.05, 4.69) is 46.8 Å². The van der Waals surface area contributed by atoms with Crippen molar-refractivity contribution < 1.29 is 24.5 Å². The predicted octanol–water partition coefficient (Wildman–Crippen LogP) is 7.90. The van der Waals surface area contributed by atoms with Crippen molar-refractivity contribution in [2.45, 2.75) is 40.2 Å². The highest BCUT2D eigenvalue weighted by molar-refractivity contribution is 7.80. The van der Waals surface area contributed by atoms with Gasteiger partial charge < -0.3 is 20.3 Å². The van der Waals surface area contributed by atoms with Gasteiger partial charge in [-0.1, -0.05) is 48.5 Å². The minimum Gasteiger partial charge on any atom is -0.508 e. The topological polar surface area (TPSA) is 163 Å². The molecule has 1 unspecified atom stereocenters. The number of ether oxygens (including phenoxy) is 1. The van der Waals surface area contributed by atoms with E-state index >= 15 is 0 Å². The van der Waals surface area contributed by atoms with Gasteiger partial charge in [0, 0.05) is 49.5 Å². The summed E-state index contributed by atoms with van der Waals surface area (Å²) in [4.78, 5) is 32.4. The Labute approximate surface area is 330 Å². The van der Waals surface area contributed by atoms with Crippen molar-refractivity contribution in [2.24, 2.45) is 4.99 Å². The third-order valence-corrected chi connectivity index (χ3v) is 10.8. The molecule has 2 aliphatic heterocycles. The molecule has 15 heteroatoms. The molecular formula is C40H34ClN7O5S2. The van der Waals surface area contributed by atoms with E-state index in [9.17, 15) is 19.8 Å². The van der Waals surface area contributed by atoms with Crippen LogP contribution in [0, 0.1) is 20.8 Å². The number of hydrazine groups is 1. The quantitative estimate of drug-likeness (QED) is 0.0809. The molecule has 0 fully saturated rings. The molecule has 0 spiro atoms. The van der Waals surface area contributed by atoms with Crippen LogP contribution in [0.4, 0.5) is 5.69 Å². The molecule has 1 amide bonds. The molecular weight excluding hydrogens is 758 g/mol. The Balaban J connectivity index is 1.12. The van der Waals surface area contributed by atoms with Gasteiger partial charge in [0.15, 0.2) is 10.9 Å². The summed E-state index contributed by atoms with van der Waals surface area (Å²) >= 11 is 13.3. The number of benzene rings is 3. The van der Waals surface area contributed by atoms with Gasteiger partial charge >= 0.3 is 5.97 Å². The number of aromatic carboxylic acids is 1. The number of phenols is 1. The van der Waals surface area contributed by atoms with Crippen molar-refractivity contribution in [3.8, 4) is 16.5 Å². The van der Waals surface area contributed by atoms with E-state index in [1.807, 2.05) is 42.7 Å². The minimum absolute atomic E-state index is 0.00322. The van der Waals surface area contributed by atoms with Gasteiger partial charge in [-0.25, -0.2) is 4.79 Å². The molecule has 2 aliphatic rings. The average Bonchev–Trinajstić information content (AvgIpc) is 3.63. The number of carboxylic acids is 1. The number of aromatic nitrogens is 3. The van der Waals surface area contributed by atoms with Crippen LogP contribution in [0.2, 0.25) is 5.02 Å². The monoisotopic (exact) mass is 791 g/mol. The summed E-state index contributed by atoms with van der Waals surface area (Å²) in [6.45, 7) is 11.8. The molecule has 55 heavy (non-hydrogen) atoms. The maximum atomic E-state index is 13.5. The molecule has 2 aromatic heterocycles. The van der Waals surface area contributed by atoms with Crippen LogP contribution >= 0.6 is 35.2 Å². The summed E-state index contributed by atoms with van der Waals surface area (Å²) in [6.07, 6.45) is 3.50. The SMILES string of the molecule is C=C1Oc2cc(O)ccc2C(c2ccc(NC(=S)NNC(=O)CC3N=C(c4ccc(Cl)cc4)c4c(sc(C)c4C)-n4c(C)nnc43)cc2C(=O)O)=C1C=CC. The van der Waals surface area contributed by atoms with Crippen molar-refractivity contribution >= 4 is 69.1 Å². The molecule has 1 atom stereocenters. The molecule has 0 saturated carbocycles. The number of rotatable bonds is 7. The number of aliphatic imine (C=N–C) groups is 1. The average molecular weight is 792 g/mol. The van der Waals surface area contributed by atoms with Gasteiger partial charge in [-0.15, -0.1) is 21.5 Å². The van der Waals surface area contributed by atoms with E-state index in [0.717, 1.165) is 32.3 Å². The van der Waals surface area contributed by atoms with Gasteiger partial charge in [0.1, 0.15) is 34.1 Å². The third kappa shape index (κ3) is 7.14. The van der Waals surface area contributed by atoms with Gasteiger partial charge in [-0.05, 0) is 87.4 Å². The first-order valence-corrected chi connectivity index (χ1v) is 18.6. The van der Waals surface area contributed by atoms with E-state index in [1.165, 1.54) is 18.2 Å². The van der Waals surface area contributed by atoms with Gasteiger partial charge in [-0.2, -0.15) is 0 Å². The highest BCUT2D eigenvalue weighted by atomic mass is 35.5. The van der Waals surface area contributed by atoms with Gasteiger partial charge in [-0.3, -0.25) is 25.2 Å². The number of carboxylic acid groups (broad SMARTS) is 1. The Morgan fingerprint density at radius 1 is 1.05 bits per heavy atom. The maximum absolute atomic E-state index is 13.5. The number of hydrogen-bond donors (Lipinski definition) is 5. The zero-order valence-corrected chi connectivity index (χ0v) is 32.4. The standard InChI is InChI=1S/C40H34ClN7O5S2/c1-6-7-27-20(3)53-32-17-26(49)13-15-29(32)35(27)28-14-12-25(16-30(28)39(51)52)42-40(54)47-45-33(50)18-31-37-46-44-22(5)48(37)38-34(19(2)21(4)55-38)36(43-31)23-8-10-24(41)11-9-23/h6-17,31,49H,3,18H2,1-2,4-5H3,(H,45,50)(H,51,52)(H2,42,47,54). The van der Waals surface area contributed by atoms with Crippen LogP contribution in [-0.4, -0.2) is 47.7 Å². The molecule has 0 bridgehead atoms. The first kappa shape index (κ1) is 37.2. The lowest BCUT2D eigenvalue weighted by molar-refractivity contribution is -0.122. The molecule has 0 radical (unpaired) electrons. The van der Waals surface area contributed by atoms with Gasteiger partial charge in [0.2, 0.25) is 5.91 Å². The van der Waals surface area contributed by atoms with Crippen LogP contribution in [-0.2, 0) is 4.79 Å². The number of thiocarbonyl (C=S) groups is 1. The first-order chi connectivity index (χ1) is 26.3. The predicted molar refractivity (Wildman–Crippen MR) is 218 cm³/mol. The fourth-order valence-corrected chi connectivity index (χ4v) is 8.08. The molecule has 278 valence electrons. The molecule has 7 rings (SSSR count). The molecule has 12 nitrogen and oxygen atoms in total. The lowest BCUT2D eigenvalue weighted by Gasteiger charge is -2.25. The number of nitrogens with zero attached hydrogens (tertiary/aromatic N) is 4. The number of hydrogen-bond acceptors (Lipinski definition) is 9. The summed E-state index contributed by atoms with van der Waals surface area (Å²) in [7, 11) is 0. The van der Waals surface area contributed by atoms with E-state index in [1.54, 1.807) is 41.7 Å². The summed E-state index contributed by atoms with van der Waals surface area (Å²) < 4.78 is 7.83. The Bertz CT molecular complexity index is 2530. The van der Waals surface area contributed by atoms with E-state index < -0.39 is 17.9 Å². The van der Waals surface area contributed by atoms with Crippen molar-refractivity contribution in [2.75, 3.05) is 5.32 Å². The number of amides is 1. The Kier molecular flexibility index (Phi) is 10.1. The number of fused-ring (bicyclic) bond motifs is 4. The smallest absolute Gasteiger partial charge is 0.336 e. The highest BCUT2D eigenvalue weighted by Gasteiger charge is 2.33. The van der Waals surface area contributed by atoms with Crippen LogP contribution in [0.1, 0.15) is 74.1 Å². The maximum Gasteiger partial charge on any atom is 0.336 e. The first-order valence-electron chi connectivity index (χ1n) is 17.0. The lowest BCUT2D eigenvalue weighted by Crippen LogP contribution is -2.44. The number of carbonyl (C=O) groups excluding carboxylic acids is 1. The normalized spacial score (nSPS) is 14.7. The highest BCUT2D eigenvalue weighted by Crippen LogP contribution is 2.44. The molecule has 3 aromatic carbocycles. The van der Waals surface area contributed by atoms with Crippen LogP contribution in [0.15, 0.2) is 95.7 Å². The number of aryl methyl sites for hydroxylation is 2. The second-order valence-corrected chi connectivity index (χ2v) is 14.8. The summed E-state index contributed by atoms with van der Waals surface area (Å²) in [6, 6.07) is 16.1. The van der Waals surface area contributed by atoms with Crippen molar-refractivity contribution in [3.63, 3.8) is 0 Å². The number of thiophene rings is 1. The minimum atomic E-state index is -1.18. The zero-order valence-electron chi connectivity index (χ0n) is 30.0. The van der Waals surface area contributed by atoms with Crippen LogP contribution in [0.3, 0.4) is 0 Å². The fraction of sp³-hybridized carbons (Fsp3) is 0.150. The molecule has 0 aliphatic carbocycles. The Morgan fingerprint density at radius 3 is 2.53 bits per heavy atom. The Hall–Kier alpha value is -6.09. The van der Waals surface area contributed by atoms with Crippen LogP contribution < -0.4 is 20.9 Å². The van der Waals surface area contributed by atoms with E-state index in [-0.39, 0.29) is 22.8 Å². The van der Waals surface area contributed by atoms with E-state index in [4.69, 9.17) is 33.5 Å². The lowest BCUT2D eigenvalue weighted by atomic mass is 9.86. The number of anilines is 1. The van der Waals surface area contributed by atoms with Crippen molar-refractivity contribution in [1.29, 1.82) is 0 Å². The van der Waals surface area contributed by atoms with Crippen molar-refractivity contribution in [1.82, 2.24) is 25.6 Å². The third-order valence-electron chi connectivity index (χ3n) is 9.20. The number of aromatic hydroxyl groups is 1. The van der Waals surface area contributed by atoms with E-state index in [0.29, 0.717) is 56.1 Å². The number of carbonyl (C=O) groups is 2. The fourth-order valence-electron chi connectivity index (χ4n) is 6.57. The van der Waals surface area contributed by atoms with Crippen LogP contribution in [0.5, 0.6) is 11.5 Å². The number of phenolic OH excluding ortho intramolecular Hbond substituents is 1. The second kappa shape index (κ2) is 15.0. The summed E-state index contributed by atoms with van der Waals surface area (Å²) in [5.41, 5.74) is 11.5. The van der Waals surface area contributed by atoms with Gasteiger partial charge in [0.05, 0.1) is 17.7 Å². The van der Waals surface area contributed by atoms with Crippen molar-refractivity contribution in [3.05, 3.63) is 146 Å². The molecule has 4 heterocycles. The zero-order chi connectivity index (χ0) is 39.1. The number of allylic oxidation sites excluding steroid dienone is 2.